The normalized spacial score (nSPS) is 18.5. The van der Waals surface area contributed by atoms with Crippen molar-refractivity contribution in [3.05, 3.63) is 36.7 Å². The number of hydrogen-bond acceptors (Lipinski definition) is 5. The van der Waals surface area contributed by atoms with E-state index in [1.165, 1.54) is 6.92 Å². The van der Waals surface area contributed by atoms with Crippen molar-refractivity contribution in [1.82, 2.24) is 15.1 Å². The van der Waals surface area contributed by atoms with E-state index in [1.807, 2.05) is 29.2 Å². The maximum Gasteiger partial charge on any atom is 0.250 e. The molecule has 0 aliphatic carbocycles. The molecule has 0 radical (unpaired) electrons. The first-order valence-corrected chi connectivity index (χ1v) is 10.0. The summed E-state index contributed by atoms with van der Waals surface area (Å²) in [6.45, 7) is 9.47. The molecule has 2 aliphatic rings. The van der Waals surface area contributed by atoms with E-state index in [4.69, 9.17) is 4.74 Å². The SMILES string of the molecule is C=C1N(CCCCNCCOc2cccc(NC(C)=O)c2)C(=O)C2CCCN12. The van der Waals surface area contributed by atoms with Crippen LogP contribution in [0.15, 0.2) is 36.7 Å². The summed E-state index contributed by atoms with van der Waals surface area (Å²) in [6.07, 6.45) is 4.01. The number of amides is 2. The van der Waals surface area contributed by atoms with Gasteiger partial charge >= 0.3 is 0 Å². The van der Waals surface area contributed by atoms with Crippen LogP contribution < -0.4 is 15.4 Å². The highest BCUT2D eigenvalue weighted by Crippen LogP contribution is 2.32. The Bertz CT molecular complexity index is 699. The zero-order chi connectivity index (χ0) is 19.9. The molecular weight excluding hydrogens is 356 g/mol. The second-order valence-corrected chi connectivity index (χ2v) is 7.27. The molecule has 152 valence electrons. The van der Waals surface area contributed by atoms with Crippen molar-refractivity contribution >= 4 is 17.5 Å². The van der Waals surface area contributed by atoms with Crippen molar-refractivity contribution in [2.75, 3.05) is 38.1 Å². The van der Waals surface area contributed by atoms with Gasteiger partial charge in [0.2, 0.25) is 5.91 Å². The number of ether oxygens (including phenoxy) is 1. The Morgan fingerprint density at radius 1 is 1.32 bits per heavy atom. The van der Waals surface area contributed by atoms with Gasteiger partial charge in [0.25, 0.3) is 5.91 Å². The number of fused-ring (bicyclic) bond motifs is 1. The first-order chi connectivity index (χ1) is 13.6. The Labute approximate surface area is 166 Å². The first kappa shape index (κ1) is 20.2. The molecule has 2 N–H and O–H groups in total. The smallest absolute Gasteiger partial charge is 0.250 e. The maximum atomic E-state index is 12.4. The van der Waals surface area contributed by atoms with Crippen molar-refractivity contribution in [2.24, 2.45) is 0 Å². The molecule has 2 aliphatic heterocycles. The predicted octanol–water partition coefficient (Wildman–Crippen LogP) is 2.17. The van der Waals surface area contributed by atoms with E-state index >= 15 is 0 Å². The lowest BCUT2D eigenvalue weighted by molar-refractivity contribution is -0.128. The van der Waals surface area contributed by atoms with Gasteiger partial charge in [-0.3, -0.25) is 14.5 Å². The molecule has 0 spiro atoms. The number of nitrogens with zero attached hydrogens (tertiary/aromatic N) is 2. The summed E-state index contributed by atoms with van der Waals surface area (Å²) in [5.41, 5.74) is 0.733. The molecule has 1 atom stereocenters. The molecule has 1 aromatic carbocycles. The van der Waals surface area contributed by atoms with E-state index in [-0.39, 0.29) is 17.9 Å². The van der Waals surface area contributed by atoms with Crippen LogP contribution in [0.25, 0.3) is 0 Å². The second-order valence-electron chi connectivity index (χ2n) is 7.27. The Morgan fingerprint density at radius 3 is 2.96 bits per heavy atom. The van der Waals surface area contributed by atoms with Crippen molar-refractivity contribution in [1.29, 1.82) is 0 Å². The second kappa shape index (κ2) is 9.59. The number of carbonyl (C=O) groups excluding carboxylic acids is 2. The van der Waals surface area contributed by atoms with Gasteiger partial charge in [0.1, 0.15) is 24.2 Å². The highest BCUT2D eigenvalue weighted by molar-refractivity contribution is 5.88. The molecule has 7 nitrogen and oxygen atoms in total. The third-order valence-electron chi connectivity index (χ3n) is 5.13. The molecule has 1 unspecified atom stereocenters. The van der Waals surface area contributed by atoms with Gasteiger partial charge in [-0.25, -0.2) is 0 Å². The lowest BCUT2D eigenvalue weighted by Crippen LogP contribution is -2.30. The number of nitrogens with one attached hydrogen (secondary N) is 2. The lowest BCUT2D eigenvalue weighted by Gasteiger charge is -2.20. The van der Waals surface area contributed by atoms with Gasteiger partial charge < -0.3 is 20.3 Å². The van der Waals surface area contributed by atoms with Crippen LogP contribution in [0.1, 0.15) is 32.6 Å². The number of benzene rings is 1. The van der Waals surface area contributed by atoms with E-state index < -0.39 is 0 Å². The largest absolute Gasteiger partial charge is 0.492 e. The average Bonchev–Trinajstić information content (AvgIpc) is 3.22. The highest BCUT2D eigenvalue weighted by atomic mass is 16.5. The van der Waals surface area contributed by atoms with Crippen LogP contribution in [0.3, 0.4) is 0 Å². The van der Waals surface area contributed by atoms with Crippen LogP contribution in [0.4, 0.5) is 5.69 Å². The number of rotatable bonds is 10. The molecule has 28 heavy (non-hydrogen) atoms. The number of unbranched alkanes of at least 4 members (excludes halogenated alkanes) is 1. The molecule has 0 aromatic heterocycles. The topological polar surface area (TPSA) is 73.9 Å². The van der Waals surface area contributed by atoms with Gasteiger partial charge in [0.05, 0.1) is 0 Å². The minimum Gasteiger partial charge on any atom is -0.492 e. The average molecular weight is 386 g/mol. The third-order valence-corrected chi connectivity index (χ3v) is 5.13. The zero-order valence-corrected chi connectivity index (χ0v) is 16.6. The van der Waals surface area contributed by atoms with Gasteiger partial charge in [0.15, 0.2) is 0 Å². The van der Waals surface area contributed by atoms with Crippen molar-refractivity contribution in [3.8, 4) is 5.75 Å². The quantitative estimate of drug-likeness (QED) is 0.603. The fraction of sp³-hybridized carbons (Fsp3) is 0.524. The molecule has 7 heteroatoms. The molecule has 0 saturated carbocycles. The Morgan fingerprint density at radius 2 is 2.18 bits per heavy atom. The number of anilines is 1. The van der Waals surface area contributed by atoms with Gasteiger partial charge in [-0.05, 0) is 44.4 Å². The Hall–Kier alpha value is -2.54. The highest BCUT2D eigenvalue weighted by Gasteiger charge is 2.42. The van der Waals surface area contributed by atoms with Crippen LogP contribution in [-0.2, 0) is 9.59 Å². The molecular formula is C21H30N4O3. The number of hydrogen-bond donors (Lipinski definition) is 2. The van der Waals surface area contributed by atoms with Crippen molar-refractivity contribution in [3.63, 3.8) is 0 Å². The first-order valence-electron chi connectivity index (χ1n) is 10.0. The van der Waals surface area contributed by atoms with E-state index in [0.29, 0.717) is 6.61 Å². The summed E-state index contributed by atoms with van der Waals surface area (Å²) in [5, 5.41) is 6.10. The summed E-state index contributed by atoms with van der Waals surface area (Å²) in [6, 6.07) is 7.42. The van der Waals surface area contributed by atoms with Crippen molar-refractivity contribution in [2.45, 2.75) is 38.6 Å². The number of carbonyl (C=O) groups is 2. The molecule has 2 fully saturated rings. The monoisotopic (exact) mass is 386 g/mol. The maximum absolute atomic E-state index is 12.4. The predicted molar refractivity (Wildman–Crippen MR) is 109 cm³/mol. The zero-order valence-electron chi connectivity index (χ0n) is 16.6. The molecule has 2 heterocycles. The van der Waals surface area contributed by atoms with Crippen LogP contribution >= 0.6 is 0 Å². The molecule has 3 rings (SSSR count). The standard InChI is InChI=1S/C21H30N4O3/c1-16(26)23-18-7-5-8-19(15-18)28-14-11-22-10-3-4-12-25-17(2)24-13-6-9-20(24)21(25)27/h5,7-8,15,20,22H,2-4,6,9-14H2,1H3,(H,23,26). The van der Waals surface area contributed by atoms with Crippen LogP contribution in [0.5, 0.6) is 5.75 Å². The lowest BCUT2D eigenvalue weighted by atomic mass is 10.2. The van der Waals surface area contributed by atoms with Gasteiger partial charge in [0, 0.05) is 38.3 Å². The van der Waals surface area contributed by atoms with Crippen LogP contribution in [0, 0.1) is 0 Å². The summed E-state index contributed by atoms with van der Waals surface area (Å²) in [4.78, 5) is 27.5. The van der Waals surface area contributed by atoms with Gasteiger partial charge in [-0.15, -0.1) is 0 Å². The van der Waals surface area contributed by atoms with Crippen LogP contribution in [0.2, 0.25) is 0 Å². The van der Waals surface area contributed by atoms with E-state index in [1.54, 1.807) is 0 Å². The van der Waals surface area contributed by atoms with Crippen LogP contribution in [-0.4, -0.2) is 60.4 Å². The molecule has 1 aromatic rings. The summed E-state index contributed by atoms with van der Waals surface area (Å²) in [5.74, 6) is 1.75. The van der Waals surface area contributed by atoms with E-state index in [9.17, 15) is 9.59 Å². The molecule has 2 amide bonds. The fourth-order valence-corrected chi connectivity index (χ4v) is 3.79. The Kier molecular flexibility index (Phi) is 6.92. The summed E-state index contributed by atoms with van der Waals surface area (Å²) >= 11 is 0. The summed E-state index contributed by atoms with van der Waals surface area (Å²) < 4.78 is 5.70. The van der Waals surface area contributed by atoms with Gasteiger partial charge in [-0.2, -0.15) is 0 Å². The molecule has 0 bridgehead atoms. The van der Waals surface area contributed by atoms with E-state index in [0.717, 1.165) is 69.1 Å². The third kappa shape index (κ3) is 5.04. The Balaban J connectivity index is 1.25. The minimum atomic E-state index is -0.0987. The fourth-order valence-electron chi connectivity index (χ4n) is 3.79. The molecule has 2 saturated heterocycles. The minimum absolute atomic E-state index is 0.0481. The van der Waals surface area contributed by atoms with Gasteiger partial charge in [-0.1, -0.05) is 12.6 Å². The van der Waals surface area contributed by atoms with Crippen molar-refractivity contribution < 1.29 is 14.3 Å². The summed E-state index contributed by atoms with van der Waals surface area (Å²) in [7, 11) is 0. The van der Waals surface area contributed by atoms with E-state index in [2.05, 4.69) is 22.1 Å².